The molecule has 0 bridgehead atoms. The fourth-order valence-corrected chi connectivity index (χ4v) is 2.90. The summed E-state index contributed by atoms with van der Waals surface area (Å²) in [6, 6.07) is 6.72. The van der Waals surface area contributed by atoms with Crippen LogP contribution in [-0.2, 0) is 0 Å². The van der Waals surface area contributed by atoms with Crippen molar-refractivity contribution >= 4 is 5.69 Å². The number of hydrogen-bond donors (Lipinski definition) is 2. The van der Waals surface area contributed by atoms with Crippen molar-refractivity contribution in [2.24, 2.45) is 5.73 Å². The van der Waals surface area contributed by atoms with E-state index in [1.165, 1.54) is 12.1 Å². The van der Waals surface area contributed by atoms with Crippen LogP contribution in [0.5, 0.6) is 5.75 Å². The summed E-state index contributed by atoms with van der Waals surface area (Å²) < 4.78 is 40.2. The van der Waals surface area contributed by atoms with E-state index >= 15 is 0 Å². The van der Waals surface area contributed by atoms with Crippen LogP contribution in [0.25, 0.3) is 0 Å². The molecular weight excluding hydrogens is 307 g/mol. The lowest BCUT2D eigenvalue weighted by Gasteiger charge is -2.36. The minimum atomic E-state index is -4.65. The number of anilines is 1. The molecule has 130 valence electrons. The van der Waals surface area contributed by atoms with E-state index in [0.29, 0.717) is 18.6 Å². The van der Waals surface area contributed by atoms with Crippen molar-refractivity contribution in [3.05, 3.63) is 24.3 Å². The van der Waals surface area contributed by atoms with Crippen LogP contribution in [0.15, 0.2) is 24.3 Å². The van der Waals surface area contributed by atoms with Gasteiger partial charge < -0.3 is 20.7 Å². The second kappa shape index (κ2) is 7.88. The van der Waals surface area contributed by atoms with Gasteiger partial charge in [-0.05, 0) is 57.0 Å². The number of halogens is 3. The van der Waals surface area contributed by atoms with Gasteiger partial charge in [0.15, 0.2) is 0 Å². The zero-order valence-electron chi connectivity index (χ0n) is 13.3. The predicted molar refractivity (Wildman–Crippen MR) is 84.5 cm³/mol. The van der Waals surface area contributed by atoms with E-state index < -0.39 is 6.36 Å². The van der Waals surface area contributed by atoms with E-state index in [4.69, 9.17) is 5.73 Å². The van der Waals surface area contributed by atoms with Crippen LogP contribution < -0.4 is 15.8 Å². The van der Waals surface area contributed by atoms with Crippen LogP contribution >= 0.6 is 0 Å². The van der Waals surface area contributed by atoms with E-state index in [2.05, 4.69) is 21.9 Å². The Morgan fingerprint density at radius 3 is 2.39 bits per heavy atom. The van der Waals surface area contributed by atoms with Crippen LogP contribution in [0.2, 0.25) is 0 Å². The Kier molecular flexibility index (Phi) is 6.12. The summed E-state index contributed by atoms with van der Waals surface area (Å²) in [5.74, 6) is -0.200. The minimum absolute atomic E-state index is 0.200. The summed E-state index contributed by atoms with van der Waals surface area (Å²) in [4.78, 5) is 2.44. The van der Waals surface area contributed by atoms with Gasteiger partial charge in [0.25, 0.3) is 0 Å². The smallest absolute Gasteiger partial charge is 0.406 e. The zero-order valence-corrected chi connectivity index (χ0v) is 13.3. The Balaban J connectivity index is 1.80. The summed E-state index contributed by atoms with van der Waals surface area (Å²) in [6.45, 7) is 4.91. The summed E-state index contributed by atoms with van der Waals surface area (Å²) in [5, 5.41) is 3.37. The average molecular weight is 331 g/mol. The maximum atomic E-state index is 12.1. The molecule has 0 saturated carbocycles. The molecule has 4 nitrogen and oxygen atoms in total. The van der Waals surface area contributed by atoms with Gasteiger partial charge in [-0.2, -0.15) is 0 Å². The molecule has 1 aromatic carbocycles. The first-order chi connectivity index (χ1) is 10.9. The van der Waals surface area contributed by atoms with E-state index in [9.17, 15) is 13.2 Å². The molecule has 7 heteroatoms. The number of piperidine rings is 1. The van der Waals surface area contributed by atoms with Crippen molar-refractivity contribution in [1.82, 2.24) is 4.90 Å². The van der Waals surface area contributed by atoms with Crippen molar-refractivity contribution in [1.29, 1.82) is 0 Å². The van der Waals surface area contributed by atoms with Crippen LogP contribution in [0.4, 0.5) is 18.9 Å². The zero-order chi connectivity index (χ0) is 16.9. The van der Waals surface area contributed by atoms with Crippen molar-refractivity contribution in [3.8, 4) is 5.75 Å². The lowest BCUT2D eigenvalue weighted by molar-refractivity contribution is -0.274. The van der Waals surface area contributed by atoms with Crippen LogP contribution in [0, 0.1) is 0 Å². The van der Waals surface area contributed by atoms with Crippen molar-refractivity contribution in [3.63, 3.8) is 0 Å². The monoisotopic (exact) mass is 331 g/mol. The fourth-order valence-electron chi connectivity index (χ4n) is 2.90. The maximum absolute atomic E-state index is 12.1. The molecule has 0 radical (unpaired) electrons. The Labute approximate surface area is 134 Å². The number of nitrogens with one attached hydrogen (secondary N) is 1. The molecule has 0 unspecified atom stereocenters. The second-order valence-corrected chi connectivity index (χ2v) is 5.95. The van der Waals surface area contributed by atoms with Gasteiger partial charge in [-0.1, -0.05) is 0 Å². The molecule has 1 fully saturated rings. The molecule has 0 aromatic heterocycles. The summed E-state index contributed by atoms with van der Waals surface area (Å²) >= 11 is 0. The number of nitrogens with two attached hydrogens (primary N) is 1. The van der Waals surface area contributed by atoms with Gasteiger partial charge in [-0.15, -0.1) is 13.2 Å². The third kappa shape index (κ3) is 5.91. The molecule has 2 rings (SSSR count). The molecule has 1 aliphatic rings. The van der Waals surface area contributed by atoms with Gasteiger partial charge in [0, 0.05) is 30.9 Å². The van der Waals surface area contributed by atoms with Gasteiger partial charge in [0.05, 0.1) is 0 Å². The van der Waals surface area contributed by atoms with Crippen molar-refractivity contribution < 1.29 is 17.9 Å². The summed E-state index contributed by atoms with van der Waals surface area (Å²) in [7, 11) is 0. The molecule has 1 aliphatic heterocycles. The number of rotatable bonds is 6. The number of nitrogens with zero attached hydrogens (tertiary/aromatic N) is 1. The molecule has 1 saturated heterocycles. The van der Waals surface area contributed by atoms with Crippen LogP contribution in [0.3, 0.4) is 0 Å². The second-order valence-electron chi connectivity index (χ2n) is 5.95. The van der Waals surface area contributed by atoms with Gasteiger partial charge in [-0.25, -0.2) is 0 Å². The maximum Gasteiger partial charge on any atom is 0.573 e. The highest BCUT2D eigenvalue weighted by Gasteiger charge is 2.31. The van der Waals surface area contributed by atoms with Gasteiger partial charge in [0.1, 0.15) is 5.75 Å². The third-order valence-electron chi connectivity index (χ3n) is 4.20. The first-order valence-electron chi connectivity index (χ1n) is 7.94. The quantitative estimate of drug-likeness (QED) is 0.840. The third-order valence-corrected chi connectivity index (χ3v) is 4.20. The summed E-state index contributed by atoms with van der Waals surface area (Å²) in [6.07, 6.45) is -1.63. The van der Waals surface area contributed by atoms with Gasteiger partial charge >= 0.3 is 6.36 Å². The molecule has 0 spiro atoms. The highest BCUT2D eigenvalue weighted by atomic mass is 19.4. The number of ether oxygens (including phenoxy) is 1. The van der Waals surface area contributed by atoms with E-state index in [1.54, 1.807) is 12.1 Å². The molecule has 0 amide bonds. The molecule has 1 aromatic rings. The lowest BCUT2D eigenvalue weighted by Crippen LogP contribution is -2.44. The van der Waals surface area contributed by atoms with Gasteiger partial charge in [-0.3, -0.25) is 0 Å². The van der Waals surface area contributed by atoms with E-state index in [-0.39, 0.29) is 5.75 Å². The fraction of sp³-hybridized carbons (Fsp3) is 0.625. The summed E-state index contributed by atoms with van der Waals surface area (Å²) in [5.41, 5.74) is 6.41. The average Bonchev–Trinajstić information content (AvgIpc) is 2.49. The lowest BCUT2D eigenvalue weighted by atomic mass is 10.0. The molecule has 3 N–H and O–H groups in total. The Hall–Kier alpha value is -1.47. The number of hydrogen-bond acceptors (Lipinski definition) is 4. The normalized spacial score (nSPS) is 18.7. The topological polar surface area (TPSA) is 50.5 Å². The first-order valence-corrected chi connectivity index (χ1v) is 7.94. The van der Waals surface area contributed by atoms with E-state index in [1.807, 2.05) is 0 Å². The number of likely N-dealkylation sites (tertiary alicyclic amines) is 1. The highest BCUT2D eigenvalue weighted by Crippen LogP contribution is 2.25. The SMILES string of the molecule is C[C@H](CCN)N1CCC(Nc2ccc(OC(F)(F)F)cc2)CC1. The van der Waals surface area contributed by atoms with Crippen LogP contribution in [0.1, 0.15) is 26.2 Å². The van der Waals surface area contributed by atoms with E-state index in [0.717, 1.165) is 38.0 Å². The molecular formula is C16H24F3N3O. The number of benzene rings is 1. The van der Waals surface area contributed by atoms with Crippen LogP contribution in [-0.4, -0.2) is 43.0 Å². The Morgan fingerprint density at radius 2 is 1.87 bits per heavy atom. The Morgan fingerprint density at radius 1 is 1.26 bits per heavy atom. The van der Waals surface area contributed by atoms with Crippen molar-refractivity contribution in [2.75, 3.05) is 25.0 Å². The highest BCUT2D eigenvalue weighted by molar-refractivity contribution is 5.47. The van der Waals surface area contributed by atoms with Crippen molar-refractivity contribution in [2.45, 2.75) is 44.6 Å². The minimum Gasteiger partial charge on any atom is -0.406 e. The van der Waals surface area contributed by atoms with Gasteiger partial charge in [0.2, 0.25) is 0 Å². The predicted octanol–water partition coefficient (Wildman–Crippen LogP) is 3.20. The standard InChI is InChI=1S/C16H24F3N3O/c1-12(6-9-20)22-10-7-14(8-11-22)21-13-2-4-15(5-3-13)23-16(17,18)19/h2-5,12,14,21H,6-11,20H2,1H3/t12-/m1/s1. The largest absolute Gasteiger partial charge is 0.573 e. The first kappa shape index (κ1) is 17.9. The Bertz CT molecular complexity index is 470. The number of alkyl halides is 3. The molecule has 0 aliphatic carbocycles. The molecule has 23 heavy (non-hydrogen) atoms. The molecule has 1 atom stereocenters. The molecule has 1 heterocycles.